The Morgan fingerprint density at radius 1 is 1.11 bits per heavy atom. The Morgan fingerprint density at radius 3 is 2.58 bits per heavy atom. The number of hydrogen-bond donors (Lipinski definition) is 1. The third kappa shape index (κ3) is 3.61. The van der Waals surface area contributed by atoms with E-state index in [1.807, 2.05) is 6.07 Å². The average Bonchev–Trinajstić information content (AvgIpc) is 2.90. The second-order valence-electron chi connectivity index (χ2n) is 4.50. The molecule has 0 unspecified atom stereocenters. The Morgan fingerprint density at radius 2 is 1.89 bits per heavy atom. The second-order valence-corrected chi connectivity index (χ2v) is 4.50. The maximum absolute atomic E-state index is 5.63. The summed E-state index contributed by atoms with van der Waals surface area (Å²) in [6.45, 7) is 7.90. The highest BCUT2D eigenvalue weighted by Crippen LogP contribution is 2.19. The van der Waals surface area contributed by atoms with E-state index in [2.05, 4.69) is 54.4 Å². The van der Waals surface area contributed by atoms with Crippen LogP contribution in [0.5, 0.6) is 0 Å². The molecular weight excluding hydrogens is 236 g/mol. The van der Waals surface area contributed by atoms with Crippen LogP contribution in [0.1, 0.15) is 25.2 Å². The van der Waals surface area contributed by atoms with Gasteiger partial charge < -0.3 is 14.6 Å². The first-order valence-electron chi connectivity index (χ1n) is 6.91. The van der Waals surface area contributed by atoms with E-state index in [0.29, 0.717) is 0 Å². The van der Waals surface area contributed by atoms with Crippen molar-refractivity contribution in [2.45, 2.75) is 26.9 Å². The molecule has 3 heteroatoms. The summed E-state index contributed by atoms with van der Waals surface area (Å²) in [5.41, 5.74) is 2.48. The lowest BCUT2D eigenvalue weighted by Gasteiger charge is -2.22. The standard InChI is InChI=1S/C16H22N2O/c1-3-17-12-14-10-11-19-16(14)13-18(4-2)15-8-6-5-7-9-15/h5-11,17H,3-4,12-13H2,1-2H3. The smallest absolute Gasteiger partial charge is 0.127 e. The predicted octanol–water partition coefficient (Wildman–Crippen LogP) is 3.42. The van der Waals surface area contributed by atoms with Crippen molar-refractivity contribution in [2.75, 3.05) is 18.0 Å². The van der Waals surface area contributed by atoms with Crippen molar-refractivity contribution in [1.29, 1.82) is 0 Å². The molecule has 1 aromatic carbocycles. The summed E-state index contributed by atoms with van der Waals surface area (Å²) in [5.74, 6) is 1.05. The first-order valence-corrected chi connectivity index (χ1v) is 6.91. The monoisotopic (exact) mass is 258 g/mol. The molecule has 0 saturated carbocycles. The first-order chi connectivity index (χ1) is 9.35. The van der Waals surface area contributed by atoms with Crippen molar-refractivity contribution >= 4 is 5.69 Å². The van der Waals surface area contributed by atoms with Crippen molar-refractivity contribution in [3.8, 4) is 0 Å². The summed E-state index contributed by atoms with van der Waals surface area (Å²) in [4.78, 5) is 2.31. The molecule has 0 fully saturated rings. The van der Waals surface area contributed by atoms with E-state index in [1.165, 1.54) is 11.3 Å². The molecule has 2 aromatic rings. The fourth-order valence-electron chi connectivity index (χ4n) is 2.12. The molecule has 1 aromatic heterocycles. The zero-order chi connectivity index (χ0) is 13.5. The van der Waals surface area contributed by atoms with Gasteiger partial charge in [-0.05, 0) is 31.7 Å². The Bertz CT molecular complexity index is 479. The predicted molar refractivity (Wildman–Crippen MR) is 79.3 cm³/mol. The average molecular weight is 258 g/mol. The summed E-state index contributed by atoms with van der Waals surface area (Å²) in [6, 6.07) is 12.5. The zero-order valence-electron chi connectivity index (χ0n) is 11.7. The first kappa shape index (κ1) is 13.7. The molecule has 0 aliphatic carbocycles. The molecule has 0 saturated heterocycles. The van der Waals surface area contributed by atoms with E-state index in [1.54, 1.807) is 6.26 Å². The van der Waals surface area contributed by atoms with Gasteiger partial charge in [0.1, 0.15) is 5.76 Å². The van der Waals surface area contributed by atoms with Crippen LogP contribution in [0.4, 0.5) is 5.69 Å². The van der Waals surface area contributed by atoms with Crippen LogP contribution < -0.4 is 10.2 Å². The highest BCUT2D eigenvalue weighted by molar-refractivity contribution is 5.46. The molecule has 19 heavy (non-hydrogen) atoms. The Hall–Kier alpha value is -1.74. The Balaban J connectivity index is 2.08. The Kier molecular flexibility index (Phi) is 5.04. The lowest BCUT2D eigenvalue weighted by atomic mass is 10.2. The molecule has 2 rings (SSSR count). The van der Waals surface area contributed by atoms with Gasteiger partial charge in [-0.3, -0.25) is 0 Å². The van der Waals surface area contributed by atoms with Gasteiger partial charge in [0.2, 0.25) is 0 Å². The quantitative estimate of drug-likeness (QED) is 0.825. The van der Waals surface area contributed by atoms with Gasteiger partial charge in [0, 0.05) is 24.3 Å². The lowest BCUT2D eigenvalue weighted by molar-refractivity contribution is 0.496. The van der Waals surface area contributed by atoms with Gasteiger partial charge in [-0.15, -0.1) is 0 Å². The van der Waals surface area contributed by atoms with Crippen LogP contribution in [-0.2, 0) is 13.1 Å². The minimum atomic E-state index is 0.814. The summed E-state index contributed by atoms with van der Waals surface area (Å²) in [5, 5.41) is 3.34. The number of benzene rings is 1. The highest BCUT2D eigenvalue weighted by atomic mass is 16.3. The van der Waals surface area contributed by atoms with Crippen molar-refractivity contribution in [2.24, 2.45) is 0 Å². The van der Waals surface area contributed by atoms with Crippen LogP contribution in [0, 0.1) is 0 Å². The molecule has 0 bridgehead atoms. The number of para-hydroxylation sites is 1. The molecule has 102 valence electrons. The minimum absolute atomic E-state index is 0.814. The van der Waals surface area contributed by atoms with E-state index in [0.717, 1.165) is 31.9 Å². The minimum Gasteiger partial charge on any atom is -0.467 e. The van der Waals surface area contributed by atoms with Crippen molar-refractivity contribution in [1.82, 2.24) is 5.32 Å². The third-order valence-corrected chi connectivity index (χ3v) is 3.24. The van der Waals surface area contributed by atoms with Gasteiger partial charge >= 0.3 is 0 Å². The van der Waals surface area contributed by atoms with Gasteiger partial charge in [-0.1, -0.05) is 25.1 Å². The van der Waals surface area contributed by atoms with Crippen LogP contribution in [0.2, 0.25) is 0 Å². The molecule has 0 aliphatic heterocycles. The molecule has 3 nitrogen and oxygen atoms in total. The van der Waals surface area contributed by atoms with Gasteiger partial charge in [-0.2, -0.15) is 0 Å². The molecule has 0 spiro atoms. The topological polar surface area (TPSA) is 28.4 Å². The highest BCUT2D eigenvalue weighted by Gasteiger charge is 2.11. The fourth-order valence-corrected chi connectivity index (χ4v) is 2.12. The van der Waals surface area contributed by atoms with E-state index in [-0.39, 0.29) is 0 Å². The summed E-state index contributed by atoms with van der Waals surface area (Å²) >= 11 is 0. The van der Waals surface area contributed by atoms with E-state index >= 15 is 0 Å². The van der Waals surface area contributed by atoms with E-state index in [9.17, 15) is 0 Å². The number of hydrogen-bond acceptors (Lipinski definition) is 3. The summed E-state index contributed by atoms with van der Waals surface area (Å²) in [6.07, 6.45) is 1.78. The second kappa shape index (κ2) is 7.00. The fraction of sp³-hybridized carbons (Fsp3) is 0.375. The van der Waals surface area contributed by atoms with Gasteiger partial charge in [-0.25, -0.2) is 0 Å². The van der Waals surface area contributed by atoms with E-state index < -0.39 is 0 Å². The lowest BCUT2D eigenvalue weighted by Crippen LogP contribution is -2.23. The van der Waals surface area contributed by atoms with Gasteiger partial charge in [0.15, 0.2) is 0 Å². The SMILES string of the molecule is CCNCc1ccoc1CN(CC)c1ccccc1. The molecular formula is C16H22N2O. The van der Waals surface area contributed by atoms with Crippen LogP contribution in [-0.4, -0.2) is 13.1 Å². The molecule has 0 amide bonds. The van der Waals surface area contributed by atoms with Crippen molar-refractivity contribution < 1.29 is 4.42 Å². The Labute approximate surface area is 115 Å². The van der Waals surface area contributed by atoms with Crippen LogP contribution in [0.15, 0.2) is 47.1 Å². The van der Waals surface area contributed by atoms with E-state index in [4.69, 9.17) is 4.42 Å². The van der Waals surface area contributed by atoms with Crippen molar-refractivity contribution in [3.63, 3.8) is 0 Å². The molecule has 1 N–H and O–H groups in total. The normalized spacial score (nSPS) is 10.6. The molecule has 0 aliphatic rings. The number of furan rings is 1. The molecule has 0 atom stereocenters. The number of rotatable bonds is 7. The maximum atomic E-state index is 5.63. The molecule has 0 radical (unpaired) electrons. The zero-order valence-corrected chi connectivity index (χ0v) is 11.7. The third-order valence-electron chi connectivity index (χ3n) is 3.24. The number of anilines is 1. The van der Waals surface area contributed by atoms with Gasteiger partial charge in [0.05, 0.1) is 12.8 Å². The van der Waals surface area contributed by atoms with Crippen LogP contribution in [0.25, 0.3) is 0 Å². The van der Waals surface area contributed by atoms with Crippen molar-refractivity contribution in [3.05, 3.63) is 54.0 Å². The van der Waals surface area contributed by atoms with Crippen LogP contribution in [0.3, 0.4) is 0 Å². The van der Waals surface area contributed by atoms with Gasteiger partial charge in [0.25, 0.3) is 0 Å². The number of nitrogens with one attached hydrogen (secondary N) is 1. The number of nitrogens with zero attached hydrogens (tertiary/aromatic N) is 1. The van der Waals surface area contributed by atoms with Crippen LogP contribution >= 0.6 is 0 Å². The summed E-state index contributed by atoms with van der Waals surface area (Å²) < 4.78 is 5.63. The molecule has 1 heterocycles. The summed E-state index contributed by atoms with van der Waals surface area (Å²) in [7, 11) is 0. The largest absolute Gasteiger partial charge is 0.467 e. The maximum Gasteiger partial charge on any atom is 0.127 e.